The molecule has 5 nitrogen and oxygen atoms in total. The molecule has 2 atom stereocenters. The Morgan fingerprint density at radius 3 is 2.50 bits per heavy atom. The van der Waals surface area contributed by atoms with Crippen LogP contribution in [0.2, 0.25) is 15.1 Å². The molecule has 1 aliphatic rings. The fraction of sp³-hybridized carbons (Fsp3) is 0.280. The number of benzene rings is 2. The van der Waals surface area contributed by atoms with Gasteiger partial charge in [-0.1, -0.05) is 58.0 Å². The Kier molecular flexibility index (Phi) is 8.75. The van der Waals surface area contributed by atoms with E-state index in [0.29, 0.717) is 44.2 Å². The Labute approximate surface area is 238 Å². The molecule has 1 amide bonds. The van der Waals surface area contributed by atoms with Crippen molar-refractivity contribution in [2.45, 2.75) is 16.0 Å². The van der Waals surface area contributed by atoms with Gasteiger partial charge in [0.1, 0.15) is 16.4 Å². The molecule has 11 heteroatoms. The zero-order valence-corrected chi connectivity index (χ0v) is 23.3. The lowest BCUT2D eigenvalue weighted by atomic mass is 10.00. The Morgan fingerprint density at radius 1 is 1.08 bits per heavy atom. The predicted octanol–water partition coefficient (Wildman–Crippen LogP) is 7.47. The van der Waals surface area contributed by atoms with Gasteiger partial charge >= 0.3 is 0 Å². The van der Waals surface area contributed by atoms with Crippen LogP contribution in [0.15, 0.2) is 59.2 Å². The summed E-state index contributed by atoms with van der Waals surface area (Å²) in [7, 11) is 0. The minimum atomic E-state index is -1.35. The van der Waals surface area contributed by atoms with E-state index in [9.17, 15) is 9.59 Å². The van der Waals surface area contributed by atoms with E-state index in [1.165, 1.54) is 0 Å². The van der Waals surface area contributed by atoms with Crippen molar-refractivity contribution in [3.8, 4) is 0 Å². The maximum absolute atomic E-state index is 12.7. The average molecular weight is 607 g/mol. The summed E-state index contributed by atoms with van der Waals surface area (Å²) in [5.74, 6) is 1.52. The number of aldehydes is 1. The zero-order chi connectivity index (χ0) is 25.9. The first-order valence-electron chi connectivity index (χ1n) is 10.9. The van der Waals surface area contributed by atoms with Gasteiger partial charge < -0.3 is 19.8 Å². The van der Waals surface area contributed by atoms with E-state index in [1.807, 2.05) is 12.1 Å². The molecule has 1 fully saturated rings. The molecule has 2 aromatic carbocycles. The van der Waals surface area contributed by atoms with Gasteiger partial charge in [-0.3, -0.25) is 4.79 Å². The predicted molar refractivity (Wildman–Crippen MR) is 149 cm³/mol. The highest BCUT2D eigenvalue weighted by Crippen LogP contribution is 2.73. The number of rotatable bonds is 11. The summed E-state index contributed by atoms with van der Waals surface area (Å²) in [6, 6.07) is 13.7. The van der Waals surface area contributed by atoms with Gasteiger partial charge in [-0.05, 0) is 54.1 Å². The maximum Gasteiger partial charge on any atom is 0.252 e. The van der Waals surface area contributed by atoms with Crippen molar-refractivity contribution in [2.75, 3.05) is 24.2 Å². The van der Waals surface area contributed by atoms with Crippen LogP contribution in [0, 0.1) is 5.41 Å². The molecule has 0 aliphatic heterocycles. The molecule has 1 aliphatic carbocycles. The van der Waals surface area contributed by atoms with E-state index in [-0.39, 0.29) is 12.5 Å². The normalized spacial score (nSPS) is 20.1. The standard InChI is InChI=1S/C25H21Cl5N2O3S/c26-16-8-15(9-17(27)10-16)22-24(14-33,25(22,29)30)13-32-18-3-4-21(28)20(11-18)23(34)31-5-7-36-12-19-2-1-6-35-19/h1-4,6,8-11,14,22,32H,5,7,12-13H2,(H,31,34). The quantitative estimate of drug-likeness (QED) is 0.135. The van der Waals surface area contributed by atoms with E-state index in [1.54, 1.807) is 54.4 Å². The molecule has 1 aromatic heterocycles. The summed E-state index contributed by atoms with van der Waals surface area (Å²) in [5, 5.41) is 7.21. The topological polar surface area (TPSA) is 71.3 Å². The Hall–Kier alpha value is -1.54. The zero-order valence-electron chi connectivity index (χ0n) is 18.7. The van der Waals surface area contributed by atoms with Gasteiger partial charge in [-0.15, -0.1) is 0 Å². The molecule has 3 aromatic rings. The number of nitrogens with one attached hydrogen (secondary N) is 2. The van der Waals surface area contributed by atoms with Crippen LogP contribution in [-0.2, 0) is 10.5 Å². The molecule has 4 rings (SSSR count). The second kappa shape index (κ2) is 11.5. The second-order valence-corrected chi connectivity index (χ2v) is 12.1. The lowest BCUT2D eigenvalue weighted by molar-refractivity contribution is -0.112. The van der Waals surface area contributed by atoms with Crippen molar-refractivity contribution in [2.24, 2.45) is 5.41 Å². The average Bonchev–Trinajstić information content (AvgIpc) is 3.12. The molecule has 0 spiro atoms. The molecule has 36 heavy (non-hydrogen) atoms. The molecular formula is C25H21Cl5N2O3S. The number of thioether (sulfide) groups is 1. The lowest BCUT2D eigenvalue weighted by Gasteiger charge is -2.15. The largest absolute Gasteiger partial charge is 0.468 e. The van der Waals surface area contributed by atoms with E-state index < -0.39 is 15.7 Å². The van der Waals surface area contributed by atoms with Crippen molar-refractivity contribution >= 4 is 87.6 Å². The van der Waals surface area contributed by atoms with Crippen LogP contribution in [-0.4, -0.2) is 35.4 Å². The van der Waals surface area contributed by atoms with Crippen LogP contribution in [0.4, 0.5) is 5.69 Å². The summed E-state index contributed by atoms with van der Waals surface area (Å²) >= 11 is 33.3. The highest BCUT2D eigenvalue weighted by atomic mass is 35.5. The monoisotopic (exact) mass is 604 g/mol. The third-order valence-electron chi connectivity index (χ3n) is 6.00. The molecule has 190 valence electrons. The SMILES string of the molecule is O=CC1(CNc2ccc(Cl)c(C(=O)NCCSCc3ccco3)c2)C(c2cc(Cl)cc(Cl)c2)C1(Cl)Cl. The van der Waals surface area contributed by atoms with Gasteiger partial charge in [0, 0.05) is 40.5 Å². The highest BCUT2D eigenvalue weighted by molar-refractivity contribution is 7.98. The summed E-state index contributed by atoms with van der Waals surface area (Å²) in [6.45, 7) is 0.599. The maximum atomic E-state index is 12.7. The summed E-state index contributed by atoms with van der Waals surface area (Å²) < 4.78 is 3.94. The van der Waals surface area contributed by atoms with Crippen molar-refractivity contribution in [3.63, 3.8) is 0 Å². The molecule has 1 heterocycles. The Morgan fingerprint density at radius 2 is 1.83 bits per heavy atom. The highest BCUT2D eigenvalue weighted by Gasteiger charge is 2.76. The fourth-order valence-electron chi connectivity index (χ4n) is 4.09. The van der Waals surface area contributed by atoms with Crippen LogP contribution in [0.1, 0.15) is 27.6 Å². The van der Waals surface area contributed by atoms with Gasteiger partial charge in [-0.2, -0.15) is 11.8 Å². The third-order valence-corrected chi connectivity index (χ3v) is 8.88. The van der Waals surface area contributed by atoms with E-state index in [4.69, 9.17) is 62.4 Å². The van der Waals surface area contributed by atoms with Gasteiger partial charge in [-0.25, -0.2) is 0 Å². The number of halogens is 5. The number of furan rings is 1. The number of carbonyl (C=O) groups excluding carboxylic acids is 2. The molecular weight excluding hydrogens is 586 g/mol. The number of anilines is 1. The van der Waals surface area contributed by atoms with Crippen molar-refractivity contribution in [1.82, 2.24) is 5.32 Å². The number of alkyl halides is 2. The van der Waals surface area contributed by atoms with Gasteiger partial charge in [0.25, 0.3) is 5.91 Å². The molecule has 0 bridgehead atoms. The van der Waals surface area contributed by atoms with Crippen LogP contribution in [0.5, 0.6) is 0 Å². The first-order valence-corrected chi connectivity index (χ1v) is 13.9. The van der Waals surface area contributed by atoms with Crippen LogP contribution in [0.3, 0.4) is 0 Å². The smallest absolute Gasteiger partial charge is 0.252 e. The molecule has 2 N–H and O–H groups in total. The van der Waals surface area contributed by atoms with Crippen LogP contribution >= 0.6 is 69.8 Å². The first kappa shape index (κ1) is 27.5. The molecule has 0 radical (unpaired) electrons. The third kappa shape index (κ3) is 5.79. The number of hydrogen-bond acceptors (Lipinski definition) is 5. The number of carbonyl (C=O) groups is 2. The first-order chi connectivity index (χ1) is 17.2. The van der Waals surface area contributed by atoms with Gasteiger partial charge in [0.15, 0.2) is 0 Å². The summed E-state index contributed by atoms with van der Waals surface area (Å²) in [4.78, 5) is 24.9. The molecule has 2 unspecified atom stereocenters. The minimum Gasteiger partial charge on any atom is -0.468 e. The van der Waals surface area contributed by atoms with E-state index >= 15 is 0 Å². The van der Waals surface area contributed by atoms with Crippen molar-refractivity contribution in [1.29, 1.82) is 0 Å². The molecule has 1 saturated carbocycles. The lowest BCUT2D eigenvalue weighted by Crippen LogP contribution is -2.26. The Bertz CT molecular complexity index is 1230. The van der Waals surface area contributed by atoms with Gasteiger partial charge in [0.05, 0.1) is 28.0 Å². The van der Waals surface area contributed by atoms with E-state index in [2.05, 4.69) is 10.6 Å². The van der Waals surface area contributed by atoms with Crippen molar-refractivity contribution in [3.05, 3.63) is 86.7 Å². The second-order valence-electron chi connectivity index (χ2n) is 8.35. The fourth-order valence-corrected chi connectivity index (χ4v) is 6.57. The van der Waals surface area contributed by atoms with Gasteiger partial charge in [0.2, 0.25) is 0 Å². The van der Waals surface area contributed by atoms with Crippen LogP contribution < -0.4 is 10.6 Å². The summed E-state index contributed by atoms with van der Waals surface area (Å²) in [5.41, 5.74) is 0.469. The Balaban J connectivity index is 1.38. The van der Waals surface area contributed by atoms with Crippen LogP contribution in [0.25, 0.3) is 0 Å². The number of hydrogen-bond donors (Lipinski definition) is 2. The van der Waals surface area contributed by atoms with E-state index in [0.717, 1.165) is 17.8 Å². The summed E-state index contributed by atoms with van der Waals surface area (Å²) in [6.07, 6.45) is 2.39. The minimum absolute atomic E-state index is 0.129. The van der Waals surface area contributed by atoms with Crippen molar-refractivity contribution < 1.29 is 14.0 Å². The molecule has 0 saturated heterocycles. The number of amides is 1.